The van der Waals surface area contributed by atoms with Crippen molar-refractivity contribution in [2.45, 2.75) is 6.92 Å². The molecule has 1 N–H and O–H groups in total. The minimum Gasteiger partial charge on any atom is -0.496 e. The molecule has 0 unspecified atom stereocenters. The Morgan fingerprint density at radius 2 is 1.86 bits per heavy atom. The van der Waals surface area contributed by atoms with Crippen molar-refractivity contribution in [2.24, 2.45) is 0 Å². The highest BCUT2D eigenvalue weighted by molar-refractivity contribution is 5.91. The van der Waals surface area contributed by atoms with Crippen molar-refractivity contribution in [2.75, 3.05) is 7.11 Å². The first-order chi connectivity index (χ1) is 17.1. The highest BCUT2D eigenvalue weighted by atomic mass is 16.5. The zero-order valence-electron chi connectivity index (χ0n) is 19.2. The van der Waals surface area contributed by atoms with Gasteiger partial charge < -0.3 is 9.72 Å². The van der Waals surface area contributed by atoms with Crippen LogP contribution in [0.25, 0.3) is 39.5 Å². The Kier molecular flexibility index (Phi) is 5.70. The van der Waals surface area contributed by atoms with Crippen molar-refractivity contribution >= 4 is 22.6 Å². The van der Waals surface area contributed by atoms with E-state index in [0.717, 1.165) is 22.6 Å². The third kappa shape index (κ3) is 4.21. The van der Waals surface area contributed by atoms with Gasteiger partial charge in [-0.05, 0) is 61.0 Å². The number of H-pyrrole nitrogens is 1. The lowest BCUT2D eigenvalue weighted by molar-refractivity contribution is 0.412. The summed E-state index contributed by atoms with van der Waals surface area (Å²) in [6, 6.07) is 24.8. The summed E-state index contributed by atoms with van der Waals surface area (Å²) in [6.45, 7) is 1.97. The number of fused-ring (bicyclic) bond motifs is 1. The van der Waals surface area contributed by atoms with Gasteiger partial charge in [-0.1, -0.05) is 30.3 Å². The molecule has 0 spiro atoms. The van der Waals surface area contributed by atoms with Crippen molar-refractivity contribution in [3.05, 3.63) is 106 Å². The summed E-state index contributed by atoms with van der Waals surface area (Å²) in [5.74, 6) is 0.990. The summed E-state index contributed by atoms with van der Waals surface area (Å²) < 4.78 is 7.17. The number of nitrogens with one attached hydrogen (secondary N) is 1. The van der Waals surface area contributed by atoms with Gasteiger partial charge >= 0.3 is 0 Å². The fourth-order valence-electron chi connectivity index (χ4n) is 3.98. The SMILES string of the molecule is COc1ccc(-c2nn(-c3ccccc3)cc2/C=C(\C#N)c2nc3ccccc3c(=O)[nH]2)cc1C. The topological polar surface area (TPSA) is 96.6 Å². The second kappa shape index (κ2) is 9.12. The number of nitrogens with zero attached hydrogens (tertiary/aromatic N) is 4. The average Bonchev–Trinajstić information content (AvgIpc) is 3.31. The second-order valence-corrected chi connectivity index (χ2v) is 8.00. The quantitative estimate of drug-likeness (QED) is 0.366. The first kappa shape index (κ1) is 21.9. The maximum atomic E-state index is 12.6. The molecule has 0 aliphatic rings. The molecule has 2 heterocycles. The number of aryl methyl sites for hydroxylation is 1. The number of benzene rings is 3. The fraction of sp³-hybridized carbons (Fsp3) is 0.0714. The van der Waals surface area contributed by atoms with Crippen LogP contribution in [0.3, 0.4) is 0 Å². The lowest BCUT2D eigenvalue weighted by atomic mass is 10.0. The van der Waals surface area contributed by atoms with Crippen LogP contribution in [-0.2, 0) is 0 Å². The van der Waals surface area contributed by atoms with Crippen LogP contribution in [0.2, 0.25) is 0 Å². The number of aromatic amines is 1. The van der Waals surface area contributed by atoms with Gasteiger partial charge in [0.2, 0.25) is 0 Å². The molecule has 170 valence electrons. The van der Waals surface area contributed by atoms with Crippen molar-refractivity contribution in [1.82, 2.24) is 19.7 Å². The molecule has 2 aromatic heterocycles. The summed E-state index contributed by atoms with van der Waals surface area (Å²) in [5.41, 5.74) is 4.59. The molecule has 7 heteroatoms. The predicted molar refractivity (Wildman–Crippen MR) is 136 cm³/mol. The number of rotatable bonds is 5. The summed E-state index contributed by atoms with van der Waals surface area (Å²) in [4.78, 5) is 19.8. The van der Waals surface area contributed by atoms with Gasteiger partial charge in [0.25, 0.3) is 5.56 Å². The van der Waals surface area contributed by atoms with E-state index in [2.05, 4.69) is 16.0 Å². The van der Waals surface area contributed by atoms with Gasteiger partial charge in [-0.2, -0.15) is 10.4 Å². The summed E-state index contributed by atoms with van der Waals surface area (Å²) in [5, 5.41) is 15.3. The molecule has 0 aliphatic heterocycles. The van der Waals surface area contributed by atoms with E-state index >= 15 is 0 Å². The maximum absolute atomic E-state index is 12.6. The first-order valence-corrected chi connectivity index (χ1v) is 11.0. The predicted octanol–water partition coefficient (Wildman–Crippen LogP) is 5.16. The van der Waals surface area contributed by atoms with Gasteiger partial charge in [0.1, 0.15) is 17.5 Å². The van der Waals surface area contributed by atoms with Crippen molar-refractivity contribution in [1.29, 1.82) is 5.26 Å². The normalized spacial score (nSPS) is 11.4. The van der Waals surface area contributed by atoms with Gasteiger partial charge in [0, 0.05) is 17.3 Å². The Morgan fingerprint density at radius 1 is 1.09 bits per heavy atom. The van der Waals surface area contributed by atoms with Gasteiger partial charge in [-0.3, -0.25) is 4.79 Å². The number of hydrogen-bond acceptors (Lipinski definition) is 5. The summed E-state index contributed by atoms with van der Waals surface area (Å²) in [6.07, 6.45) is 3.56. The van der Waals surface area contributed by atoms with Gasteiger partial charge in [0.05, 0.1) is 29.3 Å². The minimum atomic E-state index is -0.294. The lowest BCUT2D eigenvalue weighted by Gasteiger charge is -2.07. The number of para-hydroxylation sites is 2. The molecule has 5 aromatic rings. The number of allylic oxidation sites excluding steroid dienone is 1. The molecular formula is C28H21N5O2. The highest BCUT2D eigenvalue weighted by Gasteiger charge is 2.15. The maximum Gasteiger partial charge on any atom is 0.259 e. The van der Waals surface area contributed by atoms with Crippen LogP contribution >= 0.6 is 0 Å². The van der Waals surface area contributed by atoms with Crippen LogP contribution in [0.4, 0.5) is 0 Å². The fourth-order valence-corrected chi connectivity index (χ4v) is 3.98. The van der Waals surface area contributed by atoms with Gasteiger partial charge in [-0.15, -0.1) is 0 Å². The summed E-state index contributed by atoms with van der Waals surface area (Å²) >= 11 is 0. The second-order valence-electron chi connectivity index (χ2n) is 8.00. The largest absolute Gasteiger partial charge is 0.496 e. The van der Waals surface area contributed by atoms with Crippen LogP contribution in [0.1, 0.15) is 17.0 Å². The van der Waals surface area contributed by atoms with E-state index in [1.165, 1.54) is 0 Å². The molecule has 0 aliphatic carbocycles. The zero-order chi connectivity index (χ0) is 24.4. The third-order valence-corrected chi connectivity index (χ3v) is 5.72. The van der Waals surface area contributed by atoms with Gasteiger partial charge in [0.15, 0.2) is 5.82 Å². The zero-order valence-corrected chi connectivity index (χ0v) is 19.2. The van der Waals surface area contributed by atoms with Crippen LogP contribution < -0.4 is 10.3 Å². The Hall–Kier alpha value is -4.96. The van der Waals surface area contributed by atoms with E-state index in [0.29, 0.717) is 22.2 Å². The molecule has 5 rings (SSSR count). The van der Waals surface area contributed by atoms with Crippen LogP contribution in [-0.4, -0.2) is 26.9 Å². The monoisotopic (exact) mass is 459 g/mol. The first-order valence-electron chi connectivity index (χ1n) is 11.0. The molecule has 7 nitrogen and oxygen atoms in total. The van der Waals surface area contributed by atoms with Crippen molar-refractivity contribution < 1.29 is 4.74 Å². The van der Waals surface area contributed by atoms with Crippen molar-refractivity contribution in [3.8, 4) is 28.8 Å². The molecule has 0 bridgehead atoms. The molecule has 0 saturated heterocycles. The van der Waals surface area contributed by atoms with Crippen LogP contribution in [0, 0.1) is 18.3 Å². The van der Waals surface area contributed by atoms with E-state index in [-0.39, 0.29) is 17.0 Å². The minimum absolute atomic E-state index is 0.209. The molecule has 0 fully saturated rings. The smallest absolute Gasteiger partial charge is 0.259 e. The number of methoxy groups -OCH3 is 1. The molecule has 0 saturated carbocycles. The number of aromatic nitrogens is 4. The van der Waals surface area contributed by atoms with Crippen LogP contribution in [0.5, 0.6) is 5.75 Å². The lowest BCUT2D eigenvalue weighted by Crippen LogP contribution is -2.11. The Morgan fingerprint density at radius 3 is 2.60 bits per heavy atom. The van der Waals surface area contributed by atoms with E-state index in [9.17, 15) is 10.1 Å². The van der Waals surface area contributed by atoms with E-state index < -0.39 is 0 Å². The van der Waals surface area contributed by atoms with E-state index in [1.807, 2.05) is 67.7 Å². The van der Waals surface area contributed by atoms with Gasteiger partial charge in [-0.25, -0.2) is 9.67 Å². The number of nitriles is 1. The Balaban J connectivity index is 1.69. The standard InChI is InChI=1S/C28H21N5O2/c1-18-14-19(12-13-25(18)35-2)26-21(17-33(32-26)22-8-4-3-5-9-22)15-20(16-29)27-30-24-11-7-6-10-23(24)28(34)31-27/h3-15,17H,1-2H3,(H,30,31,34)/b20-15+. The van der Waals surface area contributed by atoms with E-state index in [4.69, 9.17) is 9.84 Å². The molecular weight excluding hydrogens is 438 g/mol. The Labute approximate surface area is 201 Å². The Bertz CT molecular complexity index is 1670. The van der Waals surface area contributed by atoms with E-state index in [1.54, 1.807) is 36.1 Å². The van der Waals surface area contributed by atoms with Crippen molar-refractivity contribution in [3.63, 3.8) is 0 Å². The van der Waals surface area contributed by atoms with Crippen LogP contribution in [0.15, 0.2) is 83.8 Å². The third-order valence-electron chi connectivity index (χ3n) is 5.72. The summed E-state index contributed by atoms with van der Waals surface area (Å²) in [7, 11) is 1.64. The highest BCUT2D eigenvalue weighted by Crippen LogP contribution is 2.30. The molecule has 0 radical (unpaired) electrons. The molecule has 0 atom stereocenters. The molecule has 35 heavy (non-hydrogen) atoms. The molecule has 3 aromatic carbocycles. The average molecular weight is 460 g/mol. The molecule has 0 amide bonds. The number of ether oxygens (including phenoxy) is 1. The number of hydrogen-bond donors (Lipinski definition) is 1.